The highest BCUT2D eigenvalue weighted by Crippen LogP contribution is 2.27. The molecule has 0 radical (unpaired) electrons. The lowest BCUT2D eigenvalue weighted by atomic mass is 9.95. The summed E-state index contributed by atoms with van der Waals surface area (Å²) in [6.45, 7) is 8.44. The van der Waals surface area contributed by atoms with Gasteiger partial charge in [-0.3, -0.25) is 9.59 Å². The lowest BCUT2D eigenvalue weighted by Crippen LogP contribution is -2.42. The van der Waals surface area contributed by atoms with Crippen LogP contribution in [0.4, 0.5) is 0 Å². The van der Waals surface area contributed by atoms with Gasteiger partial charge >= 0.3 is 17.9 Å². The Kier molecular flexibility index (Phi) is 13.9. The van der Waals surface area contributed by atoms with Crippen LogP contribution >= 0.6 is 0 Å². The van der Waals surface area contributed by atoms with Crippen molar-refractivity contribution < 1.29 is 39.5 Å². The molecule has 0 aliphatic rings. The fraction of sp³-hybridized carbons (Fsp3) is 0.303. The van der Waals surface area contributed by atoms with Crippen molar-refractivity contribution in [1.82, 2.24) is 4.90 Å². The third-order valence-electron chi connectivity index (χ3n) is 6.43. The van der Waals surface area contributed by atoms with Crippen LogP contribution in [-0.2, 0) is 14.4 Å². The Hall–Kier alpha value is -4.47. The molecule has 0 saturated heterocycles. The van der Waals surface area contributed by atoms with Crippen LogP contribution in [0.15, 0.2) is 84.9 Å². The maximum Gasteiger partial charge on any atom is 0.336 e. The van der Waals surface area contributed by atoms with Crippen LogP contribution in [0.2, 0.25) is 0 Å². The topological polar surface area (TPSA) is 145 Å². The van der Waals surface area contributed by atoms with Gasteiger partial charge in [-0.15, -0.1) is 0 Å². The highest BCUT2D eigenvalue weighted by molar-refractivity contribution is 5.91. The molecule has 0 aliphatic carbocycles. The van der Waals surface area contributed by atoms with Gasteiger partial charge in [0, 0.05) is 6.54 Å². The summed E-state index contributed by atoms with van der Waals surface area (Å²) in [5.41, 5.74) is 2.07. The van der Waals surface area contributed by atoms with Crippen LogP contribution in [-0.4, -0.2) is 75.1 Å². The van der Waals surface area contributed by atoms with E-state index in [1.807, 2.05) is 6.07 Å². The summed E-state index contributed by atoms with van der Waals surface area (Å²) in [6, 6.07) is 29.5. The standard InChI is InChI=1S/C27H31NO.C6H8O7/c1-3-28(4-2)20-11-21-29-26-18-16-25(17-19-26)27(24-14-9-6-10-15-24)22-23-12-7-5-8-13-23;7-3(8)1-6(13,5(11)12)2-4(9)10/h5-10,12-19,22H,3-4,11,20-21H2,1-2H3;13H,1-2H2,(H,7,8)(H,9,10)(H,11,12)/b27-22+;. The van der Waals surface area contributed by atoms with E-state index in [2.05, 4.69) is 104 Å². The molecule has 3 aromatic carbocycles. The fourth-order valence-corrected chi connectivity index (χ4v) is 4.13. The minimum absolute atomic E-state index is 0.751. The molecule has 4 N–H and O–H groups in total. The van der Waals surface area contributed by atoms with Crippen molar-refractivity contribution in [1.29, 1.82) is 0 Å². The van der Waals surface area contributed by atoms with Crippen molar-refractivity contribution in [2.75, 3.05) is 26.2 Å². The first-order valence-electron chi connectivity index (χ1n) is 13.7. The average Bonchev–Trinajstić information content (AvgIpc) is 2.97. The number of carboxylic acid groups (broad SMARTS) is 3. The molecular formula is C33H39NO8. The SMILES string of the molecule is CCN(CC)CCCOc1ccc(/C(=C/c2ccccc2)c2ccccc2)cc1.O=C(O)CC(O)(CC(=O)O)C(=O)O. The molecule has 0 fully saturated rings. The predicted molar refractivity (Wildman–Crippen MR) is 161 cm³/mol. The normalized spacial score (nSPS) is 11.4. The van der Waals surface area contributed by atoms with Crippen molar-refractivity contribution in [2.24, 2.45) is 0 Å². The Morgan fingerprint density at radius 1 is 0.762 bits per heavy atom. The zero-order chi connectivity index (χ0) is 31.0. The van der Waals surface area contributed by atoms with Gasteiger partial charge in [0.25, 0.3) is 0 Å². The molecule has 3 rings (SSSR count). The first-order chi connectivity index (χ1) is 20.1. The molecule has 9 heteroatoms. The van der Waals surface area contributed by atoms with E-state index < -0.39 is 36.4 Å². The first kappa shape index (κ1) is 33.7. The summed E-state index contributed by atoms with van der Waals surface area (Å²) < 4.78 is 5.96. The Morgan fingerprint density at radius 2 is 1.26 bits per heavy atom. The smallest absolute Gasteiger partial charge is 0.336 e. The molecule has 0 atom stereocenters. The molecule has 9 nitrogen and oxygen atoms in total. The van der Waals surface area contributed by atoms with Crippen molar-refractivity contribution in [2.45, 2.75) is 38.7 Å². The molecular weight excluding hydrogens is 538 g/mol. The van der Waals surface area contributed by atoms with E-state index in [9.17, 15) is 14.4 Å². The van der Waals surface area contributed by atoms with Crippen molar-refractivity contribution >= 4 is 29.6 Å². The zero-order valence-electron chi connectivity index (χ0n) is 24.0. The number of nitrogens with zero attached hydrogens (tertiary/aromatic N) is 1. The molecule has 224 valence electrons. The van der Waals surface area contributed by atoms with Crippen LogP contribution in [0, 0.1) is 0 Å². The van der Waals surface area contributed by atoms with Crippen LogP contribution in [0.5, 0.6) is 5.75 Å². The maximum absolute atomic E-state index is 10.3. The fourth-order valence-electron chi connectivity index (χ4n) is 4.13. The number of aliphatic carboxylic acids is 3. The summed E-state index contributed by atoms with van der Waals surface area (Å²) in [5, 5.41) is 33.8. The second kappa shape index (κ2) is 17.4. The number of hydrogen-bond acceptors (Lipinski definition) is 6. The molecule has 3 aromatic rings. The Labute approximate surface area is 246 Å². The van der Waals surface area contributed by atoms with Gasteiger partial charge in [0.15, 0.2) is 5.60 Å². The second-order valence-corrected chi connectivity index (χ2v) is 9.57. The van der Waals surface area contributed by atoms with Crippen molar-refractivity contribution in [3.8, 4) is 5.75 Å². The number of aliphatic hydroxyl groups is 1. The van der Waals surface area contributed by atoms with E-state index in [1.165, 1.54) is 22.3 Å². The van der Waals surface area contributed by atoms with E-state index in [-0.39, 0.29) is 0 Å². The molecule has 0 amide bonds. The van der Waals surface area contributed by atoms with Crippen LogP contribution in [0.25, 0.3) is 11.6 Å². The number of hydrogen-bond donors (Lipinski definition) is 4. The third kappa shape index (κ3) is 11.6. The lowest BCUT2D eigenvalue weighted by Gasteiger charge is -2.18. The molecule has 0 aliphatic heterocycles. The number of ether oxygens (including phenoxy) is 1. The van der Waals surface area contributed by atoms with E-state index >= 15 is 0 Å². The quantitative estimate of drug-likeness (QED) is 0.143. The maximum atomic E-state index is 10.3. The van der Waals surface area contributed by atoms with Crippen LogP contribution in [0.1, 0.15) is 49.8 Å². The monoisotopic (exact) mass is 577 g/mol. The summed E-state index contributed by atoms with van der Waals surface area (Å²) in [7, 11) is 0. The first-order valence-corrected chi connectivity index (χ1v) is 13.7. The lowest BCUT2D eigenvalue weighted by molar-refractivity contribution is -0.170. The molecule has 42 heavy (non-hydrogen) atoms. The van der Waals surface area contributed by atoms with Gasteiger partial charge in [-0.05, 0) is 60.0 Å². The highest BCUT2D eigenvalue weighted by atomic mass is 16.5. The Morgan fingerprint density at radius 3 is 1.74 bits per heavy atom. The van der Waals surface area contributed by atoms with Gasteiger partial charge < -0.3 is 30.1 Å². The molecule has 0 unspecified atom stereocenters. The average molecular weight is 578 g/mol. The highest BCUT2D eigenvalue weighted by Gasteiger charge is 2.40. The van der Waals surface area contributed by atoms with Gasteiger partial charge in [0.2, 0.25) is 0 Å². The minimum atomic E-state index is -2.74. The molecule has 0 bridgehead atoms. The summed E-state index contributed by atoms with van der Waals surface area (Å²) in [5.74, 6) is -4.09. The molecule has 0 heterocycles. The van der Waals surface area contributed by atoms with Gasteiger partial charge in [0.1, 0.15) is 5.75 Å². The Balaban J connectivity index is 0.000000401. The third-order valence-corrected chi connectivity index (χ3v) is 6.43. The minimum Gasteiger partial charge on any atom is -0.494 e. The van der Waals surface area contributed by atoms with E-state index in [1.54, 1.807) is 0 Å². The van der Waals surface area contributed by atoms with Gasteiger partial charge in [0.05, 0.1) is 19.4 Å². The van der Waals surface area contributed by atoms with Gasteiger partial charge in [-0.25, -0.2) is 4.79 Å². The second-order valence-electron chi connectivity index (χ2n) is 9.57. The zero-order valence-corrected chi connectivity index (χ0v) is 24.0. The van der Waals surface area contributed by atoms with Gasteiger partial charge in [-0.2, -0.15) is 0 Å². The number of benzene rings is 3. The van der Waals surface area contributed by atoms with E-state index in [0.717, 1.165) is 38.4 Å². The van der Waals surface area contributed by atoms with E-state index in [0.29, 0.717) is 0 Å². The van der Waals surface area contributed by atoms with Gasteiger partial charge in [-0.1, -0.05) is 86.6 Å². The number of rotatable bonds is 15. The van der Waals surface area contributed by atoms with Crippen LogP contribution < -0.4 is 4.74 Å². The largest absolute Gasteiger partial charge is 0.494 e. The number of carboxylic acids is 3. The van der Waals surface area contributed by atoms with Crippen LogP contribution in [0.3, 0.4) is 0 Å². The molecule has 0 aromatic heterocycles. The van der Waals surface area contributed by atoms with E-state index in [4.69, 9.17) is 25.2 Å². The molecule has 0 spiro atoms. The summed E-state index contributed by atoms with van der Waals surface area (Å²) in [4.78, 5) is 32.9. The van der Waals surface area contributed by atoms with Crippen molar-refractivity contribution in [3.05, 3.63) is 102 Å². The summed E-state index contributed by atoms with van der Waals surface area (Å²) in [6.07, 6.45) is 1.01. The Bertz CT molecular complexity index is 1270. The molecule has 0 saturated carbocycles. The predicted octanol–water partition coefficient (Wildman–Crippen LogP) is 5.14. The number of carbonyl (C=O) groups is 3. The van der Waals surface area contributed by atoms with Crippen molar-refractivity contribution in [3.63, 3.8) is 0 Å². The summed E-state index contributed by atoms with van der Waals surface area (Å²) >= 11 is 0.